The lowest BCUT2D eigenvalue weighted by Gasteiger charge is -2.06. The average Bonchev–Trinajstić information content (AvgIpc) is 3.16. The van der Waals surface area contributed by atoms with Crippen LogP contribution in [0.1, 0.15) is 71.1 Å². The van der Waals surface area contributed by atoms with Crippen molar-refractivity contribution in [3.05, 3.63) is 54.6 Å². The van der Waals surface area contributed by atoms with Crippen LogP contribution in [-0.4, -0.2) is 11.6 Å². The van der Waals surface area contributed by atoms with E-state index < -0.39 is 0 Å². The molecule has 1 heterocycles. The van der Waals surface area contributed by atoms with Gasteiger partial charge in [-0.2, -0.15) is 0 Å². The van der Waals surface area contributed by atoms with Gasteiger partial charge in [0.2, 0.25) is 0 Å². The zero-order valence-electron chi connectivity index (χ0n) is 17.4. The SMILES string of the molecule is CCCCCCCCCCCCOc1ccc2[nH]c(-c3ccccc3)cc2c1. The van der Waals surface area contributed by atoms with Gasteiger partial charge >= 0.3 is 0 Å². The van der Waals surface area contributed by atoms with E-state index in [0.717, 1.165) is 30.0 Å². The summed E-state index contributed by atoms with van der Waals surface area (Å²) in [4.78, 5) is 3.50. The molecule has 3 aromatic rings. The molecule has 0 aliphatic heterocycles. The molecule has 1 N–H and O–H groups in total. The van der Waals surface area contributed by atoms with E-state index in [9.17, 15) is 0 Å². The Balaban J connectivity index is 1.35. The van der Waals surface area contributed by atoms with Gasteiger partial charge in [0, 0.05) is 16.6 Å². The Morgan fingerprint density at radius 3 is 2.11 bits per heavy atom. The molecule has 0 atom stereocenters. The maximum Gasteiger partial charge on any atom is 0.120 e. The fourth-order valence-electron chi connectivity index (χ4n) is 3.75. The zero-order valence-corrected chi connectivity index (χ0v) is 17.4. The Labute approximate surface area is 170 Å². The molecular weight excluding hydrogens is 342 g/mol. The predicted octanol–water partition coefficient (Wildman–Crippen LogP) is 8.13. The van der Waals surface area contributed by atoms with Gasteiger partial charge in [0.1, 0.15) is 5.75 Å². The van der Waals surface area contributed by atoms with E-state index in [4.69, 9.17) is 4.74 Å². The summed E-state index contributed by atoms with van der Waals surface area (Å²) in [5, 5.41) is 1.21. The smallest absolute Gasteiger partial charge is 0.120 e. The Kier molecular flexibility index (Phi) is 8.49. The van der Waals surface area contributed by atoms with Gasteiger partial charge in [0.25, 0.3) is 0 Å². The highest BCUT2D eigenvalue weighted by Gasteiger charge is 2.04. The van der Waals surface area contributed by atoms with Crippen LogP contribution in [0, 0.1) is 0 Å². The number of ether oxygens (including phenoxy) is 1. The van der Waals surface area contributed by atoms with Gasteiger partial charge in [-0.25, -0.2) is 0 Å². The second kappa shape index (κ2) is 11.6. The lowest BCUT2D eigenvalue weighted by molar-refractivity contribution is 0.304. The van der Waals surface area contributed by atoms with Crippen LogP contribution < -0.4 is 4.74 Å². The molecule has 2 aromatic carbocycles. The standard InChI is InChI=1S/C26H35NO/c1-2-3-4-5-6-7-8-9-10-14-19-28-24-17-18-25-23(20-24)21-26(27-25)22-15-12-11-13-16-22/h11-13,15-18,20-21,27H,2-10,14,19H2,1H3. The molecule has 0 aliphatic rings. The highest BCUT2D eigenvalue weighted by atomic mass is 16.5. The first-order chi connectivity index (χ1) is 13.9. The van der Waals surface area contributed by atoms with E-state index in [1.807, 2.05) is 6.07 Å². The minimum Gasteiger partial charge on any atom is -0.494 e. The summed E-state index contributed by atoms with van der Waals surface area (Å²) in [7, 11) is 0. The van der Waals surface area contributed by atoms with Crippen molar-refractivity contribution in [1.82, 2.24) is 4.98 Å². The first-order valence-electron chi connectivity index (χ1n) is 11.2. The molecule has 1 aromatic heterocycles. The van der Waals surface area contributed by atoms with Gasteiger partial charge in [0.05, 0.1) is 6.61 Å². The summed E-state index contributed by atoms with van der Waals surface area (Å²) in [6.45, 7) is 3.10. The fourth-order valence-corrected chi connectivity index (χ4v) is 3.75. The first kappa shape index (κ1) is 20.5. The van der Waals surface area contributed by atoms with Crippen molar-refractivity contribution in [1.29, 1.82) is 0 Å². The topological polar surface area (TPSA) is 25.0 Å². The minimum atomic E-state index is 0.817. The number of hydrogen-bond acceptors (Lipinski definition) is 1. The molecule has 0 fully saturated rings. The number of unbranched alkanes of at least 4 members (excludes halogenated alkanes) is 9. The van der Waals surface area contributed by atoms with Crippen LogP contribution in [0.15, 0.2) is 54.6 Å². The molecule has 2 nitrogen and oxygen atoms in total. The largest absolute Gasteiger partial charge is 0.494 e. The summed E-state index contributed by atoms with van der Waals surface area (Å²) < 4.78 is 5.99. The Bertz CT molecular complexity index is 806. The molecule has 0 unspecified atom stereocenters. The molecular formula is C26H35NO. The fraction of sp³-hybridized carbons (Fsp3) is 0.462. The van der Waals surface area contributed by atoms with Crippen LogP contribution >= 0.6 is 0 Å². The van der Waals surface area contributed by atoms with Gasteiger partial charge in [-0.05, 0) is 36.2 Å². The summed E-state index contributed by atoms with van der Waals surface area (Å²) in [5.41, 5.74) is 3.53. The van der Waals surface area contributed by atoms with Crippen molar-refractivity contribution in [3.8, 4) is 17.0 Å². The quantitative estimate of drug-likeness (QED) is 0.299. The molecule has 3 rings (SSSR count). The number of nitrogens with one attached hydrogen (secondary N) is 1. The van der Waals surface area contributed by atoms with Crippen molar-refractivity contribution >= 4 is 10.9 Å². The van der Waals surface area contributed by atoms with E-state index in [0.29, 0.717) is 0 Å². The average molecular weight is 378 g/mol. The highest BCUT2D eigenvalue weighted by Crippen LogP contribution is 2.27. The summed E-state index contributed by atoms with van der Waals surface area (Å²) in [6, 6.07) is 19.0. The van der Waals surface area contributed by atoms with Crippen LogP contribution in [0.2, 0.25) is 0 Å². The maximum atomic E-state index is 5.99. The van der Waals surface area contributed by atoms with Crippen LogP contribution in [0.3, 0.4) is 0 Å². The number of aromatic nitrogens is 1. The number of hydrogen-bond donors (Lipinski definition) is 1. The molecule has 0 radical (unpaired) electrons. The summed E-state index contributed by atoms with van der Waals surface area (Å²) in [6.07, 6.45) is 13.5. The number of fused-ring (bicyclic) bond motifs is 1. The maximum absolute atomic E-state index is 5.99. The van der Waals surface area contributed by atoms with Gasteiger partial charge in [-0.15, -0.1) is 0 Å². The molecule has 0 saturated carbocycles. The third-order valence-electron chi connectivity index (χ3n) is 5.44. The van der Waals surface area contributed by atoms with Crippen LogP contribution in [0.5, 0.6) is 5.75 Å². The monoisotopic (exact) mass is 377 g/mol. The molecule has 0 spiro atoms. The Morgan fingerprint density at radius 2 is 1.39 bits per heavy atom. The third kappa shape index (κ3) is 6.44. The Hall–Kier alpha value is -2.22. The van der Waals surface area contributed by atoms with E-state index in [1.54, 1.807) is 0 Å². The molecule has 150 valence electrons. The second-order valence-corrected chi connectivity index (χ2v) is 7.83. The predicted molar refractivity (Wildman–Crippen MR) is 121 cm³/mol. The third-order valence-corrected chi connectivity index (χ3v) is 5.44. The van der Waals surface area contributed by atoms with Crippen LogP contribution in [0.4, 0.5) is 0 Å². The van der Waals surface area contributed by atoms with Crippen LogP contribution in [-0.2, 0) is 0 Å². The summed E-state index contributed by atoms with van der Waals surface area (Å²) >= 11 is 0. The van der Waals surface area contributed by atoms with E-state index >= 15 is 0 Å². The molecule has 0 saturated heterocycles. The molecule has 0 aliphatic carbocycles. The van der Waals surface area contributed by atoms with E-state index in [1.165, 1.54) is 68.7 Å². The minimum absolute atomic E-state index is 0.817. The van der Waals surface area contributed by atoms with Crippen molar-refractivity contribution in [3.63, 3.8) is 0 Å². The zero-order chi connectivity index (χ0) is 19.4. The lowest BCUT2D eigenvalue weighted by Crippen LogP contribution is -1.97. The normalized spacial score (nSPS) is 11.2. The molecule has 0 bridgehead atoms. The molecule has 0 amide bonds. The number of rotatable bonds is 13. The molecule has 2 heteroatoms. The van der Waals surface area contributed by atoms with Crippen molar-refractivity contribution in [2.75, 3.05) is 6.61 Å². The van der Waals surface area contributed by atoms with Crippen molar-refractivity contribution < 1.29 is 4.74 Å². The number of H-pyrrole nitrogens is 1. The van der Waals surface area contributed by atoms with Gasteiger partial charge in [-0.1, -0.05) is 95.0 Å². The van der Waals surface area contributed by atoms with Crippen molar-refractivity contribution in [2.24, 2.45) is 0 Å². The second-order valence-electron chi connectivity index (χ2n) is 7.83. The van der Waals surface area contributed by atoms with Crippen molar-refractivity contribution in [2.45, 2.75) is 71.1 Å². The Morgan fingerprint density at radius 1 is 0.714 bits per heavy atom. The van der Waals surface area contributed by atoms with Crippen LogP contribution in [0.25, 0.3) is 22.2 Å². The van der Waals surface area contributed by atoms with E-state index in [-0.39, 0.29) is 0 Å². The van der Waals surface area contributed by atoms with Gasteiger partial charge in [-0.3, -0.25) is 0 Å². The summed E-state index contributed by atoms with van der Waals surface area (Å²) in [5.74, 6) is 0.974. The number of benzene rings is 2. The molecule has 28 heavy (non-hydrogen) atoms. The van der Waals surface area contributed by atoms with Gasteiger partial charge < -0.3 is 9.72 Å². The van der Waals surface area contributed by atoms with E-state index in [2.05, 4.69) is 60.4 Å². The number of aromatic amines is 1. The lowest BCUT2D eigenvalue weighted by atomic mass is 10.1. The van der Waals surface area contributed by atoms with Gasteiger partial charge in [0.15, 0.2) is 0 Å². The first-order valence-corrected chi connectivity index (χ1v) is 11.2. The highest BCUT2D eigenvalue weighted by molar-refractivity contribution is 5.86.